The molecule has 0 spiro atoms. The number of anilines is 1. The summed E-state index contributed by atoms with van der Waals surface area (Å²) in [6.07, 6.45) is -10.3. The molecule has 0 bridgehead atoms. The number of benzene rings is 3. The molecule has 0 aliphatic heterocycles. The SMILES string of the molecule is CC(C)(C)OC(=O)c1ccc(Oc2ccccc2)cc1NC(=O)c1cc(C(F)(F)F)cc(C(F)(F)F)c1. The van der Waals surface area contributed by atoms with Crippen LogP contribution in [0, 0.1) is 0 Å². The van der Waals surface area contributed by atoms with Gasteiger partial charge in [-0.3, -0.25) is 4.79 Å². The van der Waals surface area contributed by atoms with E-state index in [1.165, 1.54) is 18.2 Å². The second-order valence-electron chi connectivity index (χ2n) is 8.87. The smallest absolute Gasteiger partial charge is 0.416 e. The van der Waals surface area contributed by atoms with Crippen LogP contribution in [0.2, 0.25) is 0 Å². The molecular weight excluding hydrogens is 504 g/mol. The van der Waals surface area contributed by atoms with E-state index in [4.69, 9.17) is 9.47 Å². The van der Waals surface area contributed by atoms with Crippen LogP contribution in [0.1, 0.15) is 52.6 Å². The lowest BCUT2D eigenvalue weighted by Gasteiger charge is -2.21. The summed E-state index contributed by atoms with van der Waals surface area (Å²) in [5, 5.41) is 2.22. The number of hydrogen-bond donors (Lipinski definition) is 1. The fraction of sp³-hybridized carbons (Fsp3) is 0.231. The van der Waals surface area contributed by atoms with Crippen molar-refractivity contribution in [3.8, 4) is 11.5 Å². The zero-order valence-electron chi connectivity index (χ0n) is 19.8. The fourth-order valence-corrected chi connectivity index (χ4v) is 3.11. The van der Waals surface area contributed by atoms with Crippen molar-refractivity contribution < 1.29 is 45.4 Å². The Morgan fingerprint density at radius 2 is 1.30 bits per heavy atom. The number of amides is 1. The van der Waals surface area contributed by atoms with E-state index in [0.29, 0.717) is 17.9 Å². The third kappa shape index (κ3) is 7.48. The summed E-state index contributed by atoms with van der Waals surface area (Å²) in [5.74, 6) is -1.65. The molecule has 1 amide bonds. The summed E-state index contributed by atoms with van der Waals surface area (Å²) < 4.78 is 90.4. The van der Waals surface area contributed by atoms with Crippen molar-refractivity contribution in [1.29, 1.82) is 0 Å². The van der Waals surface area contributed by atoms with Crippen LogP contribution in [-0.4, -0.2) is 17.5 Å². The highest BCUT2D eigenvalue weighted by atomic mass is 19.4. The van der Waals surface area contributed by atoms with Gasteiger partial charge in [0, 0.05) is 11.6 Å². The van der Waals surface area contributed by atoms with Gasteiger partial charge in [0.15, 0.2) is 0 Å². The summed E-state index contributed by atoms with van der Waals surface area (Å²) in [6, 6.07) is 12.8. The first-order chi connectivity index (χ1) is 17.0. The minimum Gasteiger partial charge on any atom is -0.457 e. The highest BCUT2D eigenvalue weighted by Crippen LogP contribution is 2.37. The van der Waals surface area contributed by atoms with Crippen molar-refractivity contribution in [3.63, 3.8) is 0 Å². The third-order valence-corrected chi connectivity index (χ3v) is 4.69. The van der Waals surface area contributed by atoms with Crippen LogP contribution in [0.3, 0.4) is 0 Å². The van der Waals surface area contributed by atoms with Gasteiger partial charge in [-0.05, 0) is 63.2 Å². The highest BCUT2D eigenvalue weighted by Gasteiger charge is 2.37. The first-order valence-electron chi connectivity index (χ1n) is 10.7. The summed E-state index contributed by atoms with van der Waals surface area (Å²) in [5.41, 5.74) is -5.57. The lowest BCUT2D eigenvalue weighted by molar-refractivity contribution is -0.143. The lowest BCUT2D eigenvalue weighted by Crippen LogP contribution is -2.25. The molecule has 0 unspecified atom stereocenters. The van der Waals surface area contributed by atoms with Crippen LogP contribution < -0.4 is 10.1 Å². The molecule has 0 saturated carbocycles. The molecule has 0 aromatic heterocycles. The molecule has 0 saturated heterocycles. The van der Waals surface area contributed by atoms with Gasteiger partial charge in [-0.25, -0.2) is 4.79 Å². The Balaban J connectivity index is 2.04. The number of para-hydroxylation sites is 1. The molecule has 0 atom stereocenters. The van der Waals surface area contributed by atoms with E-state index in [9.17, 15) is 35.9 Å². The number of carbonyl (C=O) groups is 2. The minimum atomic E-state index is -5.14. The molecule has 1 N–H and O–H groups in total. The standard InChI is InChI=1S/C26H21F6NO4/c1-24(2,3)37-23(35)20-10-9-19(36-18-7-5-4-6-8-18)14-21(20)33-22(34)15-11-16(25(27,28)29)13-17(12-15)26(30,31)32/h4-14H,1-3H3,(H,33,34). The van der Waals surface area contributed by atoms with E-state index in [0.717, 1.165) is 0 Å². The Morgan fingerprint density at radius 3 is 1.81 bits per heavy atom. The summed E-state index contributed by atoms with van der Waals surface area (Å²) >= 11 is 0. The van der Waals surface area contributed by atoms with Crippen molar-refractivity contribution in [2.24, 2.45) is 0 Å². The molecule has 0 radical (unpaired) electrons. The van der Waals surface area contributed by atoms with Crippen LogP contribution in [0.15, 0.2) is 66.7 Å². The topological polar surface area (TPSA) is 64.6 Å². The zero-order valence-corrected chi connectivity index (χ0v) is 19.8. The molecule has 5 nitrogen and oxygen atoms in total. The van der Waals surface area contributed by atoms with Gasteiger partial charge in [0.2, 0.25) is 0 Å². The molecule has 11 heteroatoms. The van der Waals surface area contributed by atoms with E-state index in [-0.39, 0.29) is 23.1 Å². The number of hydrogen-bond acceptors (Lipinski definition) is 4. The van der Waals surface area contributed by atoms with Gasteiger partial charge in [0.1, 0.15) is 17.1 Å². The molecule has 0 heterocycles. The summed E-state index contributed by atoms with van der Waals surface area (Å²) in [7, 11) is 0. The third-order valence-electron chi connectivity index (χ3n) is 4.69. The number of halogens is 6. The molecule has 0 aliphatic carbocycles. The van der Waals surface area contributed by atoms with E-state index < -0.39 is 46.5 Å². The molecule has 0 fully saturated rings. The molecule has 0 aliphatic rings. The number of esters is 1. The van der Waals surface area contributed by atoms with Crippen molar-refractivity contribution in [2.75, 3.05) is 5.32 Å². The maximum atomic E-state index is 13.2. The summed E-state index contributed by atoms with van der Waals surface area (Å²) in [6.45, 7) is 4.78. The van der Waals surface area contributed by atoms with E-state index in [1.54, 1.807) is 51.1 Å². The first-order valence-corrected chi connectivity index (χ1v) is 10.7. The zero-order chi connectivity index (χ0) is 27.6. The van der Waals surface area contributed by atoms with Crippen LogP contribution in [0.25, 0.3) is 0 Å². The van der Waals surface area contributed by atoms with Crippen LogP contribution in [0.4, 0.5) is 32.0 Å². The predicted molar refractivity (Wildman–Crippen MR) is 123 cm³/mol. The van der Waals surface area contributed by atoms with Gasteiger partial charge in [-0.15, -0.1) is 0 Å². The second kappa shape index (κ2) is 10.2. The van der Waals surface area contributed by atoms with Crippen LogP contribution >= 0.6 is 0 Å². The molecule has 3 aromatic carbocycles. The van der Waals surface area contributed by atoms with Gasteiger partial charge in [-0.2, -0.15) is 26.3 Å². The maximum Gasteiger partial charge on any atom is 0.416 e. The molecule has 196 valence electrons. The lowest BCUT2D eigenvalue weighted by atomic mass is 10.0. The molecule has 3 aromatic rings. The van der Waals surface area contributed by atoms with Crippen LogP contribution in [0.5, 0.6) is 11.5 Å². The second-order valence-corrected chi connectivity index (χ2v) is 8.87. The predicted octanol–water partition coefficient (Wildman–Crippen LogP) is 7.72. The Hall–Kier alpha value is -4.02. The molecule has 37 heavy (non-hydrogen) atoms. The fourth-order valence-electron chi connectivity index (χ4n) is 3.11. The molecule has 3 rings (SSSR count). The van der Waals surface area contributed by atoms with Crippen molar-refractivity contribution >= 4 is 17.6 Å². The monoisotopic (exact) mass is 525 g/mol. The normalized spacial score (nSPS) is 12.1. The van der Waals surface area contributed by atoms with Crippen molar-refractivity contribution in [2.45, 2.75) is 38.7 Å². The van der Waals surface area contributed by atoms with Gasteiger partial charge >= 0.3 is 18.3 Å². The Morgan fingerprint density at radius 1 is 0.730 bits per heavy atom. The van der Waals surface area contributed by atoms with Gasteiger partial charge < -0.3 is 14.8 Å². The highest BCUT2D eigenvalue weighted by molar-refractivity contribution is 6.08. The number of rotatable bonds is 5. The first kappa shape index (κ1) is 27.6. The van der Waals surface area contributed by atoms with Gasteiger partial charge in [-0.1, -0.05) is 18.2 Å². The average Bonchev–Trinajstić information content (AvgIpc) is 2.77. The van der Waals surface area contributed by atoms with Gasteiger partial charge in [0.25, 0.3) is 5.91 Å². The quantitative estimate of drug-likeness (QED) is 0.274. The Bertz CT molecular complexity index is 1260. The number of alkyl halides is 6. The van der Waals surface area contributed by atoms with E-state index in [2.05, 4.69) is 5.32 Å². The van der Waals surface area contributed by atoms with Crippen LogP contribution in [-0.2, 0) is 17.1 Å². The number of carbonyl (C=O) groups excluding carboxylic acids is 2. The van der Waals surface area contributed by atoms with E-state index in [1.807, 2.05) is 0 Å². The van der Waals surface area contributed by atoms with Crippen molar-refractivity contribution in [1.82, 2.24) is 0 Å². The van der Waals surface area contributed by atoms with Gasteiger partial charge in [0.05, 0.1) is 22.4 Å². The number of ether oxygens (including phenoxy) is 2. The van der Waals surface area contributed by atoms with E-state index >= 15 is 0 Å². The minimum absolute atomic E-state index is 0.0861. The maximum absolute atomic E-state index is 13.2. The van der Waals surface area contributed by atoms with Crippen molar-refractivity contribution in [3.05, 3.63) is 89.0 Å². The largest absolute Gasteiger partial charge is 0.457 e. The average molecular weight is 525 g/mol. The Kier molecular flexibility index (Phi) is 7.56. The number of nitrogens with one attached hydrogen (secondary N) is 1. The molecular formula is C26H21F6NO4. The summed E-state index contributed by atoms with van der Waals surface area (Å²) in [4.78, 5) is 25.6. The Labute approximate surface area is 208 Å².